The fourth-order valence-corrected chi connectivity index (χ4v) is 3.34. The molecule has 3 aromatic rings. The lowest BCUT2D eigenvalue weighted by molar-refractivity contribution is 0.102. The summed E-state index contributed by atoms with van der Waals surface area (Å²) in [6.45, 7) is 4.18. The first-order valence-corrected chi connectivity index (χ1v) is 9.53. The van der Waals surface area contributed by atoms with Gasteiger partial charge in [0.05, 0.1) is 5.69 Å². The van der Waals surface area contributed by atoms with E-state index in [4.69, 9.17) is 0 Å². The van der Waals surface area contributed by atoms with Crippen LogP contribution < -0.4 is 10.6 Å². The first-order valence-electron chi connectivity index (χ1n) is 8.65. The van der Waals surface area contributed by atoms with Crippen molar-refractivity contribution in [3.8, 4) is 11.3 Å². The van der Waals surface area contributed by atoms with E-state index < -0.39 is 0 Å². The monoisotopic (exact) mass is 364 g/mol. The van der Waals surface area contributed by atoms with Crippen LogP contribution in [0.25, 0.3) is 11.3 Å². The number of pyridine rings is 1. The normalized spacial score (nSPS) is 13.5. The summed E-state index contributed by atoms with van der Waals surface area (Å²) in [5.74, 6) is 0.572. The first-order chi connectivity index (χ1) is 12.6. The SMILES string of the molecule is Cc1ccc(-c2csc(NC(=O)c3ccnc(NC4CC4)c3)n2)cc1C. The van der Waals surface area contributed by atoms with Gasteiger partial charge in [-0.15, -0.1) is 11.3 Å². The summed E-state index contributed by atoms with van der Waals surface area (Å²) in [5.41, 5.74) is 4.99. The van der Waals surface area contributed by atoms with Crippen LogP contribution in [0.4, 0.5) is 10.9 Å². The van der Waals surface area contributed by atoms with E-state index in [0.29, 0.717) is 16.7 Å². The molecule has 4 rings (SSSR count). The van der Waals surface area contributed by atoms with Crippen molar-refractivity contribution in [1.29, 1.82) is 0 Å². The van der Waals surface area contributed by atoms with Crippen molar-refractivity contribution in [1.82, 2.24) is 9.97 Å². The molecular formula is C20H20N4OS. The second kappa shape index (κ2) is 6.88. The van der Waals surface area contributed by atoms with E-state index in [1.165, 1.54) is 35.3 Å². The zero-order valence-electron chi connectivity index (χ0n) is 14.7. The molecule has 1 aliphatic rings. The Morgan fingerprint density at radius 3 is 2.77 bits per heavy atom. The first kappa shape index (κ1) is 16.7. The lowest BCUT2D eigenvalue weighted by atomic mass is 10.1. The Bertz CT molecular complexity index is 962. The molecule has 2 heterocycles. The fourth-order valence-electron chi connectivity index (χ4n) is 2.62. The van der Waals surface area contributed by atoms with Crippen molar-refractivity contribution in [2.24, 2.45) is 0 Å². The number of rotatable bonds is 5. The van der Waals surface area contributed by atoms with Crippen molar-refractivity contribution < 1.29 is 4.79 Å². The smallest absolute Gasteiger partial charge is 0.257 e. The molecule has 0 unspecified atom stereocenters. The molecule has 0 radical (unpaired) electrons. The number of anilines is 2. The highest BCUT2D eigenvalue weighted by atomic mass is 32.1. The molecule has 1 amide bonds. The molecular weight excluding hydrogens is 344 g/mol. The standard InChI is InChI=1S/C20H20N4OS/c1-12-3-4-14(9-13(12)2)17-11-26-20(23-17)24-19(25)15-7-8-21-18(10-15)22-16-5-6-16/h3-4,7-11,16H,5-6H2,1-2H3,(H,21,22)(H,23,24,25). The van der Waals surface area contributed by atoms with Crippen molar-refractivity contribution in [2.75, 3.05) is 10.6 Å². The van der Waals surface area contributed by atoms with Gasteiger partial charge in [-0.2, -0.15) is 0 Å². The molecule has 1 saturated carbocycles. The Morgan fingerprint density at radius 2 is 2.00 bits per heavy atom. The molecule has 0 spiro atoms. The molecule has 26 heavy (non-hydrogen) atoms. The average molecular weight is 364 g/mol. The highest BCUT2D eigenvalue weighted by Crippen LogP contribution is 2.27. The highest BCUT2D eigenvalue weighted by molar-refractivity contribution is 7.14. The van der Waals surface area contributed by atoms with E-state index >= 15 is 0 Å². The van der Waals surface area contributed by atoms with Crippen LogP contribution in [0.3, 0.4) is 0 Å². The zero-order valence-corrected chi connectivity index (χ0v) is 15.6. The van der Waals surface area contributed by atoms with Crippen LogP contribution in [0.1, 0.15) is 34.3 Å². The summed E-state index contributed by atoms with van der Waals surface area (Å²) in [7, 11) is 0. The maximum absolute atomic E-state index is 12.5. The van der Waals surface area contributed by atoms with E-state index in [1.807, 2.05) is 5.38 Å². The van der Waals surface area contributed by atoms with E-state index in [0.717, 1.165) is 17.1 Å². The number of hydrogen-bond acceptors (Lipinski definition) is 5. The number of hydrogen-bond donors (Lipinski definition) is 2. The van der Waals surface area contributed by atoms with E-state index in [2.05, 4.69) is 52.6 Å². The number of carbonyl (C=O) groups is 1. The minimum atomic E-state index is -0.174. The summed E-state index contributed by atoms with van der Waals surface area (Å²) >= 11 is 1.43. The van der Waals surface area contributed by atoms with Gasteiger partial charge in [-0.05, 0) is 56.0 Å². The Labute approximate surface area is 156 Å². The minimum Gasteiger partial charge on any atom is -0.367 e. The van der Waals surface area contributed by atoms with Crippen molar-refractivity contribution in [3.63, 3.8) is 0 Å². The Morgan fingerprint density at radius 1 is 1.15 bits per heavy atom. The van der Waals surface area contributed by atoms with Crippen LogP contribution in [0, 0.1) is 13.8 Å². The van der Waals surface area contributed by atoms with Gasteiger partial charge in [0.15, 0.2) is 5.13 Å². The number of thiazole rings is 1. The molecule has 0 atom stereocenters. The second-order valence-corrected chi connectivity index (χ2v) is 7.50. The van der Waals surface area contributed by atoms with E-state index in [-0.39, 0.29) is 5.91 Å². The predicted molar refractivity (Wildman–Crippen MR) is 106 cm³/mol. The third kappa shape index (κ3) is 3.75. The number of nitrogens with one attached hydrogen (secondary N) is 2. The van der Waals surface area contributed by atoms with Gasteiger partial charge >= 0.3 is 0 Å². The summed E-state index contributed by atoms with van der Waals surface area (Å²) in [4.78, 5) is 21.3. The van der Waals surface area contributed by atoms with Crippen molar-refractivity contribution in [2.45, 2.75) is 32.7 Å². The van der Waals surface area contributed by atoms with E-state index in [9.17, 15) is 4.79 Å². The molecule has 1 aromatic carbocycles. The van der Waals surface area contributed by atoms with Gasteiger partial charge in [0.2, 0.25) is 0 Å². The van der Waals surface area contributed by atoms with Gasteiger partial charge in [-0.25, -0.2) is 9.97 Å². The molecule has 6 heteroatoms. The zero-order chi connectivity index (χ0) is 18.1. The highest BCUT2D eigenvalue weighted by Gasteiger charge is 2.21. The summed E-state index contributed by atoms with van der Waals surface area (Å²) in [6.07, 6.45) is 3.99. The van der Waals surface area contributed by atoms with Crippen LogP contribution >= 0.6 is 11.3 Å². The maximum Gasteiger partial charge on any atom is 0.257 e. The largest absolute Gasteiger partial charge is 0.367 e. The summed E-state index contributed by atoms with van der Waals surface area (Å²) < 4.78 is 0. The van der Waals surface area contributed by atoms with Gasteiger partial charge in [0.25, 0.3) is 5.91 Å². The van der Waals surface area contributed by atoms with Gasteiger partial charge < -0.3 is 5.32 Å². The number of benzene rings is 1. The molecule has 1 fully saturated rings. The summed E-state index contributed by atoms with van der Waals surface area (Å²) in [6, 6.07) is 10.3. The number of amides is 1. The second-order valence-electron chi connectivity index (χ2n) is 6.64. The lowest BCUT2D eigenvalue weighted by Crippen LogP contribution is -2.13. The van der Waals surface area contributed by atoms with Gasteiger partial charge in [-0.3, -0.25) is 10.1 Å². The molecule has 5 nitrogen and oxygen atoms in total. The predicted octanol–water partition coefficient (Wildman–Crippen LogP) is 4.65. The number of aromatic nitrogens is 2. The number of carbonyl (C=O) groups excluding carboxylic acids is 1. The van der Waals surface area contributed by atoms with Gasteiger partial charge in [-0.1, -0.05) is 12.1 Å². The van der Waals surface area contributed by atoms with Crippen molar-refractivity contribution in [3.05, 3.63) is 58.6 Å². The molecule has 132 valence electrons. The lowest BCUT2D eigenvalue weighted by Gasteiger charge is -2.06. The van der Waals surface area contributed by atoms with Gasteiger partial charge in [0.1, 0.15) is 5.82 Å². The molecule has 0 aliphatic heterocycles. The van der Waals surface area contributed by atoms with Crippen LogP contribution in [-0.2, 0) is 0 Å². The van der Waals surface area contributed by atoms with E-state index in [1.54, 1.807) is 18.3 Å². The van der Waals surface area contributed by atoms with Crippen LogP contribution in [0.5, 0.6) is 0 Å². The topological polar surface area (TPSA) is 66.9 Å². The van der Waals surface area contributed by atoms with Crippen LogP contribution in [0.15, 0.2) is 41.9 Å². The third-order valence-electron chi connectivity index (χ3n) is 4.48. The maximum atomic E-state index is 12.5. The average Bonchev–Trinajstić information content (AvgIpc) is 3.33. The quantitative estimate of drug-likeness (QED) is 0.692. The van der Waals surface area contributed by atoms with Gasteiger partial charge in [0, 0.05) is 28.7 Å². The fraction of sp³-hybridized carbons (Fsp3) is 0.250. The minimum absolute atomic E-state index is 0.174. The molecule has 0 bridgehead atoms. The Kier molecular flexibility index (Phi) is 4.42. The number of aryl methyl sites for hydroxylation is 2. The molecule has 0 saturated heterocycles. The third-order valence-corrected chi connectivity index (χ3v) is 5.24. The van der Waals surface area contributed by atoms with Crippen LogP contribution in [-0.4, -0.2) is 21.9 Å². The number of nitrogens with zero attached hydrogens (tertiary/aromatic N) is 2. The Balaban J connectivity index is 1.48. The summed E-state index contributed by atoms with van der Waals surface area (Å²) in [5, 5.41) is 8.75. The molecule has 2 aromatic heterocycles. The molecule has 1 aliphatic carbocycles. The van der Waals surface area contributed by atoms with Crippen molar-refractivity contribution >= 4 is 28.2 Å². The molecule has 2 N–H and O–H groups in total. The van der Waals surface area contributed by atoms with Crippen LogP contribution in [0.2, 0.25) is 0 Å². The Hall–Kier alpha value is -2.73.